The minimum atomic E-state index is -3.63. The first-order valence-electron chi connectivity index (χ1n) is 6.40. The van der Waals surface area contributed by atoms with Crippen LogP contribution in [0.3, 0.4) is 0 Å². The number of nitrogens with two attached hydrogens (primary N) is 1. The predicted molar refractivity (Wildman–Crippen MR) is 84.4 cm³/mol. The average Bonchev–Trinajstić information content (AvgIpc) is 2.46. The van der Waals surface area contributed by atoms with Gasteiger partial charge in [-0.05, 0) is 36.8 Å². The van der Waals surface area contributed by atoms with Crippen LogP contribution in [0.2, 0.25) is 0 Å². The Morgan fingerprint density at radius 3 is 2.62 bits per heavy atom. The van der Waals surface area contributed by atoms with Crippen LogP contribution in [0.5, 0.6) is 0 Å². The monoisotopic (exact) mass is 300 g/mol. The Kier molecular flexibility index (Phi) is 4.63. The molecule has 0 aliphatic carbocycles. The SMILES string of the molecule is Cc1cccc(S(=O)(=O)Nc2ccccc2C#CCN)c1. The van der Waals surface area contributed by atoms with Gasteiger partial charge >= 0.3 is 0 Å². The maximum absolute atomic E-state index is 12.4. The largest absolute Gasteiger partial charge is 0.320 e. The molecule has 5 heteroatoms. The van der Waals surface area contributed by atoms with Gasteiger partial charge in [-0.25, -0.2) is 8.42 Å². The molecule has 0 unspecified atom stereocenters. The molecule has 2 aromatic rings. The normalized spacial score (nSPS) is 10.6. The molecule has 0 atom stereocenters. The zero-order valence-electron chi connectivity index (χ0n) is 11.6. The van der Waals surface area contributed by atoms with E-state index in [0.29, 0.717) is 11.3 Å². The molecular formula is C16H16N2O2S. The third-order valence-electron chi connectivity index (χ3n) is 2.80. The summed E-state index contributed by atoms with van der Waals surface area (Å²) < 4.78 is 27.4. The number of benzene rings is 2. The number of hydrogen-bond acceptors (Lipinski definition) is 3. The van der Waals surface area contributed by atoms with Crippen molar-refractivity contribution in [3.05, 3.63) is 59.7 Å². The Bertz CT molecular complexity index is 802. The van der Waals surface area contributed by atoms with E-state index in [9.17, 15) is 8.42 Å². The first kappa shape index (κ1) is 15.1. The second-order valence-corrected chi connectivity index (χ2v) is 6.16. The van der Waals surface area contributed by atoms with Gasteiger partial charge in [-0.1, -0.05) is 36.1 Å². The van der Waals surface area contributed by atoms with Gasteiger partial charge in [-0.2, -0.15) is 0 Å². The van der Waals surface area contributed by atoms with Crippen molar-refractivity contribution in [2.24, 2.45) is 5.73 Å². The number of hydrogen-bond donors (Lipinski definition) is 2. The highest BCUT2D eigenvalue weighted by Crippen LogP contribution is 2.20. The minimum absolute atomic E-state index is 0.221. The molecule has 0 bridgehead atoms. The van der Waals surface area contributed by atoms with Crippen molar-refractivity contribution >= 4 is 15.7 Å². The maximum Gasteiger partial charge on any atom is 0.261 e. The molecule has 0 spiro atoms. The van der Waals surface area contributed by atoms with Crippen molar-refractivity contribution in [2.45, 2.75) is 11.8 Å². The summed E-state index contributed by atoms with van der Waals surface area (Å²) >= 11 is 0. The van der Waals surface area contributed by atoms with Crippen LogP contribution in [0.4, 0.5) is 5.69 Å². The van der Waals surface area contributed by atoms with E-state index in [-0.39, 0.29) is 11.4 Å². The maximum atomic E-state index is 12.4. The molecule has 0 aliphatic rings. The van der Waals surface area contributed by atoms with Gasteiger partial charge in [0.25, 0.3) is 10.0 Å². The number of anilines is 1. The lowest BCUT2D eigenvalue weighted by atomic mass is 10.2. The lowest BCUT2D eigenvalue weighted by Gasteiger charge is -2.10. The van der Waals surface area contributed by atoms with Crippen molar-refractivity contribution in [3.63, 3.8) is 0 Å². The lowest BCUT2D eigenvalue weighted by Crippen LogP contribution is -2.14. The molecule has 3 N–H and O–H groups in total. The summed E-state index contributed by atoms with van der Waals surface area (Å²) in [4.78, 5) is 0.226. The van der Waals surface area contributed by atoms with Crippen LogP contribution in [-0.2, 0) is 10.0 Å². The number of rotatable bonds is 3. The van der Waals surface area contributed by atoms with E-state index in [0.717, 1.165) is 5.56 Å². The molecule has 2 aromatic carbocycles. The summed E-state index contributed by atoms with van der Waals surface area (Å²) in [5, 5.41) is 0. The number of nitrogens with one attached hydrogen (secondary N) is 1. The Labute approximate surface area is 125 Å². The Hall–Kier alpha value is -2.29. The molecule has 0 fully saturated rings. The fourth-order valence-corrected chi connectivity index (χ4v) is 3.00. The summed E-state index contributed by atoms with van der Waals surface area (Å²) in [6.07, 6.45) is 0. The third kappa shape index (κ3) is 3.85. The van der Waals surface area contributed by atoms with Crippen LogP contribution >= 0.6 is 0 Å². The van der Waals surface area contributed by atoms with E-state index < -0.39 is 10.0 Å². The highest BCUT2D eigenvalue weighted by molar-refractivity contribution is 7.92. The highest BCUT2D eigenvalue weighted by atomic mass is 32.2. The van der Waals surface area contributed by atoms with E-state index >= 15 is 0 Å². The zero-order valence-corrected chi connectivity index (χ0v) is 12.4. The van der Waals surface area contributed by atoms with Gasteiger partial charge < -0.3 is 5.73 Å². The van der Waals surface area contributed by atoms with Crippen LogP contribution < -0.4 is 10.5 Å². The van der Waals surface area contributed by atoms with Gasteiger partial charge in [0.15, 0.2) is 0 Å². The Morgan fingerprint density at radius 1 is 1.14 bits per heavy atom. The van der Waals surface area contributed by atoms with E-state index in [1.807, 2.05) is 13.0 Å². The van der Waals surface area contributed by atoms with Crippen molar-refractivity contribution in [1.82, 2.24) is 0 Å². The predicted octanol–water partition coefficient (Wildman–Crippen LogP) is 2.11. The molecule has 0 saturated carbocycles. The second-order valence-electron chi connectivity index (χ2n) is 4.47. The molecule has 4 nitrogen and oxygen atoms in total. The summed E-state index contributed by atoms with van der Waals surface area (Å²) in [5.41, 5.74) is 7.27. The first-order valence-corrected chi connectivity index (χ1v) is 7.89. The molecular weight excluding hydrogens is 284 g/mol. The van der Waals surface area contributed by atoms with E-state index in [1.54, 1.807) is 42.5 Å². The summed E-state index contributed by atoms with van der Waals surface area (Å²) in [6.45, 7) is 2.07. The molecule has 0 amide bonds. The van der Waals surface area contributed by atoms with Gasteiger partial charge in [0.1, 0.15) is 0 Å². The molecule has 2 rings (SSSR count). The Balaban J connectivity index is 2.38. The van der Waals surface area contributed by atoms with Crippen LogP contribution in [-0.4, -0.2) is 15.0 Å². The Morgan fingerprint density at radius 2 is 1.90 bits per heavy atom. The quantitative estimate of drug-likeness (QED) is 0.853. The minimum Gasteiger partial charge on any atom is -0.320 e. The van der Waals surface area contributed by atoms with E-state index in [4.69, 9.17) is 5.73 Å². The number of para-hydroxylation sites is 1. The smallest absolute Gasteiger partial charge is 0.261 e. The van der Waals surface area contributed by atoms with Crippen molar-refractivity contribution in [3.8, 4) is 11.8 Å². The topological polar surface area (TPSA) is 72.2 Å². The number of aryl methyl sites for hydroxylation is 1. The van der Waals surface area contributed by atoms with Gasteiger partial charge in [-0.15, -0.1) is 0 Å². The van der Waals surface area contributed by atoms with Gasteiger partial charge in [0.05, 0.1) is 17.1 Å². The van der Waals surface area contributed by atoms with Crippen LogP contribution in [0.25, 0.3) is 0 Å². The summed E-state index contributed by atoms with van der Waals surface area (Å²) in [6, 6.07) is 13.7. The molecule has 0 aromatic heterocycles. The second kappa shape index (κ2) is 6.44. The molecule has 0 radical (unpaired) electrons. The average molecular weight is 300 g/mol. The van der Waals surface area contributed by atoms with E-state index in [2.05, 4.69) is 16.6 Å². The third-order valence-corrected chi connectivity index (χ3v) is 4.16. The van der Waals surface area contributed by atoms with Gasteiger partial charge in [-0.3, -0.25) is 4.72 Å². The molecule has 0 aliphatic heterocycles. The van der Waals surface area contributed by atoms with Crippen molar-refractivity contribution in [2.75, 3.05) is 11.3 Å². The molecule has 108 valence electrons. The van der Waals surface area contributed by atoms with Crippen LogP contribution in [0, 0.1) is 18.8 Å². The zero-order chi connectivity index (χ0) is 15.3. The number of sulfonamides is 1. The molecule has 0 saturated heterocycles. The molecule has 0 heterocycles. The van der Waals surface area contributed by atoms with Gasteiger partial charge in [0.2, 0.25) is 0 Å². The summed E-state index contributed by atoms with van der Waals surface area (Å²) in [7, 11) is -3.63. The first-order chi connectivity index (χ1) is 10.0. The van der Waals surface area contributed by atoms with Gasteiger partial charge in [0, 0.05) is 5.56 Å². The van der Waals surface area contributed by atoms with Crippen LogP contribution in [0.1, 0.15) is 11.1 Å². The fraction of sp³-hybridized carbons (Fsp3) is 0.125. The van der Waals surface area contributed by atoms with Crippen LogP contribution in [0.15, 0.2) is 53.4 Å². The highest BCUT2D eigenvalue weighted by Gasteiger charge is 2.15. The standard InChI is InChI=1S/C16H16N2O2S/c1-13-6-4-9-15(12-13)21(19,20)18-16-10-3-2-7-14(16)8-5-11-17/h2-4,6-7,9-10,12,18H,11,17H2,1H3. The van der Waals surface area contributed by atoms with Crippen molar-refractivity contribution < 1.29 is 8.42 Å². The van der Waals surface area contributed by atoms with Crippen molar-refractivity contribution in [1.29, 1.82) is 0 Å². The lowest BCUT2D eigenvalue weighted by molar-refractivity contribution is 0.601. The van der Waals surface area contributed by atoms with E-state index in [1.165, 1.54) is 0 Å². The molecule has 21 heavy (non-hydrogen) atoms. The fourth-order valence-electron chi connectivity index (χ4n) is 1.81. The summed E-state index contributed by atoms with van der Waals surface area (Å²) in [5.74, 6) is 5.58.